The second kappa shape index (κ2) is 6.89. The van der Waals surface area contributed by atoms with Crippen molar-refractivity contribution in [2.24, 2.45) is 11.7 Å². The van der Waals surface area contributed by atoms with E-state index in [1.165, 1.54) is 7.11 Å². The zero-order valence-electron chi connectivity index (χ0n) is 11.5. The van der Waals surface area contributed by atoms with E-state index in [1.54, 1.807) is 24.3 Å². The van der Waals surface area contributed by atoms with Gasteiger partial charge in [-0.1, -0.05) is 13.8 Å². The summed E-state index contributed by atoms with van der Waals surface area (Å²) in [4.78, 5) is 23.0. The number of nitrogens with one attached hydrogen (secondary N) is 1. The maximum absolute atomic E-state index is 11.8. The van der Waals surface area contributed by atoms with Crippen LogP contribution in [-0.2, 0) is 9.53 Å². The molecule has 1 rings (SSSR count). The molecule has 104 valence electrons. The summed E-state index contributed by atoms with van der Waals surface area (Å²) >= 11 is 0. The number of hydrogen-bond donors (Lipinski definition) is 2. The Balaban J connectivity index is 2.62. The normalized spacial score (nSPS) is 12.1. The van der Waals surface area contributed by atoms with Gasteiger partial charge in [-0.15, -0.1) is 0 Å². The van der Waals surface area contributed by atoms with Crippen molar-refractivity contribution in [1.29, 1.82) is 0 Å². The first-order chi connectivity index (χ1) is 8.93. The van der Waals surface area contributed by atoms with Crippen molar-refractivity contribution in [2.45, 2.75) is 26.3 Å². The van der Waals surface area contributed by atoms with Gasteiger partial charge in [0.1, 0.15) is 0 Å². The Morgan fingerprint density at radius 3 is 2.32 bits per heavy atom. The zero-order valence-corrected chi connectivity index (χ0v) is 11.5. The van der Waals surface area contributed by atoms with E-state index in [1.807, 2.05) is 13.8 Å². The van der Waals surface area contributed by atoms with Gasteiger partial charge in [-0.05, 0) is 36.6 Å². The standard InChI is InChI=1S/C14H20N2O3/c1-9(2)8-12(15)13(17)16-11-6-4-10(5-7-11)14(18)19-3/h4-7,9,12H,8,15H2,1-3H3,(H,16,17)/t12-/m0/s1. The third-order valence-electron chi connectivity index (χ3n) is 2.64. The summed E-state index contributed by atoms with van der Waals surface area (Å²) in [6.45, 7) is 4.02. The molecule has 0 bridgehead atoms. The first kappa shape index (κ1) is 15.2. The molecule has 1 aromatic rings. The number of carbonyl (C=O) groups excluding carboxylic acids is 2. The van der Waals surface area contributed by atoms with E-state index in [4.69, 9.17) is 5.73 Å². The number of ether oxygens (including phenoxy) is 1. The SMILES string of the molecule is COC(=O)c1ccc(NC(=O)[C@@H](N)CC(C)C)cc1. The number of methoxy groups -OCH3 is 1. The molecule has 0 radical (unpaired) electrons. The molecule has 0 aliphatic heterocycles. The van der Waals surface area contributed by atoms with Gasteiger partial charge in [0.2, 0.25) is 5.91 Å². The number of carbonyl (C=O) groups is 2. The monoisotopic (exact) mass is 264 g/mol. The summed E-state index contributed by atoms with van der Waals surface area (Å²) in [5.41, 5.74) is 6.82. The van der Waals surface area contributed by atoms with Crippen molar-refractivity contribution in [3.8, 4) is 0 Å². The molecule has 0 saturated carbocycles. The lowest BCUT2D eigenvalue weighted by Gasteiger charge is -2.14. The van der Waals surface area contributed by atoms with Crippen molar-refractivity contribution >= 4 is 17.6 Å². The quantitative estimate of drug-likeness (QED) is 0.794. The highest BCUT2D eigenvalue weighted by Gasteiger charge is 2.15. The molecule has 0 aliphatic carbocycles. The van der Waals surface area contributed by atoms with Crippen LogP contribution in [0.3, 0.4) is 0 Å². The number of rotatable bonds is 5. The molecule has 3 N–H and O–H groups in total. The molecule has 1 amide bonds. The van der Waals surface area contributed by atoms with Gasteiger partial charge >= 0.3 is 5.97 Å². The van der Waals surface area contributed by atoms with Crippen molar-refractivity contribution < 1.29 is 14.3 Å². The van der Waals surface area contributed by atoms with E-state index in [0.717, 1.165) is 0 Å². The number of hydrogen-bond acceptors (Lipinski definition) is 4. The predicted molar refractivity (Wildman–Crippen MR) is 73.8 cm³/mol. The second-order valence-corrected chi connectivity index (χ2v) is 4.79. The van der Waals surface area contributed by atoms with E-state index in [9.17, 15) is 9.59 Å². The van der Waals surface area contributed by atoms with E-state index in [-0.39, 0.29) is 5.91 Å². The van der Waals surface area contributed by atoms with Crippen LogP contribution < -0.4 is 11.1 Å². The first-order valence-electron chi connectivity index (χ1n) is 6.19. The van der Waals surface area contributed by atoms with E-state index in [2.05, 4.69) is 10.1 Å². The van der Waals surface area contributed by atoms with Crippen LogP contribution in [0.15, 0.2) is 24.3 Å². The Hall–Kier alpha value is -1.88. The lowest BCUT2D eigenvalue weighted by Crippen LogP contribution is -2.36. The fourth-order valence-electron chi connectivity index (χ4n) is 1.66. The third-order valence-corrected chi connectivity index (χ3v) is 2.64. The number of amides is 1. The zero-order chi connectivity index (χ0) is 14.4. The van der Waals surface area contributed by atoms with Gasteiger partial charge in [0.05, 0.1) is 18.7 Å². The van der Waals surface area contributed by atoms with Gasteiger partial charge < -0.3 is 15.8 Å². The molecule has 5 nitrogen and oxygen atoms in total. The smallest absolute Gasteiger partial charge is 0.337 e. The molecule has 0 spiro atoms. The van der Waals surface area contributed by atoms with Crippen LogP contribution in [0.1, 0.15) is 30.6 Å². The fraction of sp³-hybridized carbons (Fsp3) is 0.429. The topological polar surface area (TPSA) is 81.4 Å². The molecule has 0 saturated heterocycles. The van der Waals surface area contributed by atoms with Crippen molar-refractivity contribution in [3.63, 3.8) is 0 Å². The van der Waals surface area contributed by atoms with Gasteiger partial charge in [-0.2, -0.15) is 0 Å². The van der Waals surface area contributed by atoms with Crippen molar-refractivity contribution in [3.05, 3.63) is 29.8 Å². The van der Waals surface area contributed by atoms with E-state index >= 15 is 0 Å². The van der Waals surface area contributed by atoms with Gasteiger partial charge in [0.15, 0.2) is 0 Å². The van der Waals surface area contributed by atoms with Gasteiger partial charge in [-0.25, -0.2) is 4.79 Å². The molecule has 0 aromatic heterocycles. The first-order valence-corrected chi connectivity index (χ1v) is 6.19. The van der Waals surface area contributed by atoms with Crippen LogP contribution in [0, 0.1) is 5.92 Å². The summed E-state index contributed by atoms with van der Waals surface area (Å²) in [6.07, 6.45) is 0.631. The summed E-state index contributed by atoms with van der Waals surface area (Å²) in [5, 5.41) is 2.72. The maximum Gasteiger partial charge on any atom is 0.337 e. The highest BCUT2D eigenvalue weighted by molar-refractivity contribution is 5.95. The number of anilines is 1. The van der Waals surface area contributed by atoms with E-state index in [0.29, 0.717) is 23.6 Å². The average Bonchev–Trinajstić information content (AvgIpc) is 2.37. The fourth-order valence-corrected chi connectivity index (χ4v) is 1.66. The lowest BCUT2D eigenvalue weighted by molar-refractivity contribution is -0.117. The van der Waals surface area contributed by atoms with Gasteiger partial charge in [0, 0.05) is 5.69 Å². The molecule has 0 aliphatic rings. The second-order valence-electron chi connectivity index (χ2n) is 4.79. The van der Waals surface area contributed by atoms with Crippen molar-refractivity contribution in [1.82, 2.24) is 0 Å². The summed E-state index contributed by atoms with van der Waals surface area (Å²) in [5.74, 6) is -0.267. The van der Waals surface area contributed by atoms with Crippen LogP contribution in [-0.4, -0.2) is 25.0 Å². The molecular weight excluding hydrogens is 244 g/mol. The van der Waals surface area contributed by atoms with Crippen LogP contribution in [0.4, 0.5) is 5.69 Å². The van der Waals surface area contributed by atoms with Crippen molar-refractivity contribution in [2.75, 3.05) is 12.4 Å². The molecule has 19 heavy (non-hydrogen) atoms. The van der Waals surface area contributed by atoms with Crippen LogP contribution in [0.5, 0.6) is 0 Å². The Labute approximate surface area is 113 Å². The Bertz CT molecular complexity index is 441. The largest absolute Gasteiger partial charge is 0.465 e. The lowest BCUT2D eigenvalue weighted by atomic mass is 10.0. The molecule has 0 unspecified atom stereocenters. The van der Waals surface area contributed by atoms with Crippen LogP contribution in [0.2, 0.25) is 0 Å². The number of benzene rings is 1. The predicted octanol–water partition coefficient (Wildman–Crippen LogP) is 1.79. The highest BCUT2D eigenvalue weighted by atomic mass is 16.5. The van der Waals surface area contributed by atoms with Crippen LogP contribution in [0.25, 0.3) is 0 Å². The Morgan fingerprint density at radius 1 is 1.26 bits per heavy atom. The maximum atomic E-state index is 11.8. The minimum atomic E-state index is -0.528. The average molecular weight is 264 g/mol. The molecule has 5 heteroatoms. The third kappa shape index (κ3) is 4.71. The number of nitrogens with two attached hydrogens (primary N) is 1. The summed E-state index contributed by atoms with van der Waals surface area (Å²) in [6, 6.07) is 5.95. The molecule has 1 atom stereocenters. The van der Waals surface area contributed by atoms with Crippen LogP contribution >= 0.6 is 0 Å². The summed E-state index contributed by atoms with van der Waals surface area (Å²) < 4.78 is 4.59. The molecule has 0 fully saturated rings. The van der Waals surface area contributed by atoms with Gasteiger partial charge in [0.25, 0.3) is 0 Å². The highest BCUT2D eigenvalue weighted by Crippen LogP contribution is 2.12. The minimum Gasteiger partial charge on any atom is -0.465 e. The Kier molecular flexibility index (Phi) is 5.51. The molecule has 0 heterocycles. The summed E-state index contributed by atoms with van der Waals surface area (Å²) in [7, 11) is 1.32. The number of esters is 1. The molecule has 1 aromatic carbocycles. The minimum absolute atomic E-state index is 0.223. The van der Waals surface area contributed by atoms with E-state index < -0.39 is 12.0 Å². The molecular formula is C14H20N2O3. The van der Waals surface area contributed by atoms with Gasteiger partial charge in [-0.3, -0.25) is 4.79 Å². The Morgan fingerprint density at radius 2 is 1.84 bits per heavy atom.